The molecule has 2 atom stereocenters. The highest BCUT2D eigenvalue weighted by atomic mass is 16.5. The maximum atomic E-state index is 6.15. The molecule has 2 unspecified atom stereocenters. The first-order chi connectivity index (χ1) is 14.6. The molecule has 1 N–H and O–H groups in total. The summed E-state index contributed by atoms with van der Waals surface area (Å²) in [6.45, 7) is 13.7. The SMILES string of the molecule is CN=C(NCC(C)(C)N1CCOCC1)N1CC2OCCN(Cc3ccccc3)C2C1. The van der Waals surface area contributed by atoms with Crippen LogP contribution < -0.4 is 5.32 Å². The van der Waals surface area contributed by atoms with Crippen molar-refractivity contribution in [3.8, 4) is 0 Å². The van der Waals surface area contributed by atoms with Crippen LogP contribution in [0.15, 0.2) is 35.3 Å². The molecule has 30 heavy (non-hydrogen) atoms. The van der Waals surface area contributed by atoms with Gasteiger partial charge in [-0.15, -0.1) is 0 Å². The fraction of sp³-hybridized carbons (Fsp3) is 0.696. The van der Waals surface area contributed by atoms with Gasteiger partial charge in [0, 0.05) is 58.4 Å². The molecule has 166 valence electrons. The van der Waals surface area contributed by atoms with Crippen LogP contribution in [0.5, 0.6) is 0 Å². The predicted molar refractivity (Wildman–Crippen MR) is 120 cm³/mol. The molecule has 3 aliphatic rings. The van der Waals surface area contributed by atoms with E-state index in [1.165, 1.54) is 5.56 Å². The molecule has 0 radical (unpaired) electrons. The molecule has 1 aromatic carbocycles. The van der Waals surface area contributed by atoms with Gasteiger partial charge in [-0.25, -0.2) is 0 Å². The summed E-state index contributed by atoms with van der Waals surface area (Å²) in [6, 6.07) is 11.2. The smallest absolute Gasteiger partial charge is 0.193 e. The number of aliphatic imine (C=N–C) groups is 1. The first-order valence-electron chi connectivity index (χ1n) is 11.2. The molecule has 3 heterocycles. The van der Waals surface area contributed by atoms with E-state index < -0.39 is 0 Å². The summed E-state index contributed by atoms with van der Waals surface area (Å²) in [5.74, 6) is 0.981. The molecule has 0 aliphatic carbocycles. The number of benzene rings is 1. The Balaban J connectivity index is 1.35. The van der Waals surface area contributed by atoms with Crippen LogP contribution in [0.2, 0.25) is 0 Å². The first kappa shape index (κ1) is 21.6. The third kappa shape index (κ3) is 4.97. The van der Waals surface area contributed by atoms with E-state index in [0.717, 1.165) is 71.6 Å². The predicted octanol–water partition coefficient (Wildman–Crippen LogP) is 1.26. The van der Waals surface area contributed by atoms with E-state index in [-0.39, 0.29) is 11.6 Å². The molecule has 0 spiro atoms. The Hall–Kier alpha value is -1.67. The number of nitrogens with zero attached hydrogens (tertiary/aromatic N) is 4. The normalized spacial score (nSPS) is 26.6. The summed E-state index contributed by atoms with van der Waals surface area (Å²) in [7, 11) is 1.88. The van der Waals surface area contributed by atoms with Crippen molar-refractivity contribution in [2.75, 3.05) is 66.1 Å². The summed E-state index contributed by atoms with van der Waals surface area (Å²) >= 11 is 0. The highest BCUT2D eigenvalue weighted by molar-refractivity contribution is 5.80. The van der Waals surface area contributed by atoms with E-state index in [9.17, 15) is 0 Å². The van der Waals surface area contributed by atoms with Gasteiger partial charge in [-0.3, -0.25) is 14.8 Å². The van der Waals surface area contributed by atoms with Crippen molar-refractivity contribution in [2.45, 2.75) is 38.1 Å². The lowest BCUT2D eigenvalue weighted by atomic mass is 10.0. The fourth-order valence-corrected chi connectivity index (χ4v) is 4.85. The second-order valence-electron chi connectivity index (χ2n) is 9.15. The van der Waals surface area contributed by atoms with Crippen molar-refractivity contribution in [3.05, 3.63) is 35.9 Å². The third-order valence-corrected chi connectivity index (χ3v) is 6.70. The number of nitrogens with one attached hydrogen (secondary N) is 1. The summed E-state index contributed by atoms with van der Waals surface area (Å²) in [5, 5.41) is 3.64. The van der Waals surface area contributed by atoms with Crippen LogP contribution in [0.25, 0.3) is 0 Å². The summed E-state index contributed by atoms with van der Waals surface area (Å²) in [6.07, 6.45) is 0.244. The number of fused-ring (bicyclic) bond motifs is 1. The zero-order valence-corrected chi connectivity index (χ0v) is 18.7. The average molecular weight is 416 g/mol. The van der Waals surface area contributed by atoms with Crippen molar-refractivity contribution in [2.24, 2.45) is 4.99 Å². The molecule has 0 amide bonds. The standard InChI is InChI=1S/C23H37N5O2/c1-23(2,28-10-12-29-13-11-28)18-25-22(24-3)27-16-20-21(17-27)30-14-9-26(20)15-19-7-5-4-6-8-19/h4-8,20-21H,9-18H2,1-3H3,(H,24,25). The second-order valence-corrected chi connectivity index (χ2v) is 9.15. The van der Waals surface area contributed by atoms with Crippen LogP contribution in [0.4, 0.5) is 0 Å². The van der Waals surface area contributed by atoms with E-state index in [4.69, 9.17) is 9.47 Å². The monoisotopic (exact) mass is 415 g/mol. The number of hydrogen-bond acceptors (Lipinski definition) is 5. The third-order valence-electron chi connectivity index (χ3n) is 6.70. The quantitative estimate of drug-likeness (QED) is 0.577. The lowest BCUT2D eigenvalue weighted by Gasteiger charge is -2.41. The molecule has 3 aliphatic heterocycles. The molecule has 0 bridgehead atoms. The fourth-order valence-electron chi connectivity index (χ4n) is 4.85. The zero-order chi connectivity index (χ0) is 21.0. The Morgan fingerprint density at radius 1 is 1.10 bits per heavy atom. The first-order valence-corrected chi connectivity index (χ1v) is 11.2. The number of guanidine groups is 1. The Labute approximate surface area is 181 Å². The zero-order valence-electron chi connectivity index (χ0n) is 18.7. The van der Waals surface area contributed by atoms with Crippen LogP contribution in [0.1, 0.15) is 19.4 Å². The molecule has 7 heteroatoms. The molecular weight excluding hydrogens is 378 g/mol. The van der Waals surface area contributed by atoms with Crippen molar-refractivity contribution in [3.63, 3.8) is 0 Å². The van der Waals surface area contributed by atoms with Crippen molar-refractivity contribution >= 4 is 5.96 Å². The van der Waals surface area contributed by atoms with Crippen molar-refractivity contribution < 1.29 is 9.47 Å². The Kier molecular flexibility index (Phi) is 6.93. The largest absolute Gasteiger partial charge is 0.379 e. The maximum absolute atomic E-state index is 6.15. The van der Waals surface area contributed by atoms with Crippen LogP contribution in [0, 0.1) is 0 Å². The topological polar surface area (TPSA) is 52.6 Å². The molecule has 3 saturated heterocycles. The van der Waals surface area contributed by atoms with Gasteiger partial charge in [0.05, 0.1) is 32.0 Å². The number of morpholine rings is 2. The molecule has 3 fully saturated rings. The molecule has 1 aromatic rings. The van der Waals surface area contributed by atoms with E-state index in [1.807, 2.05) is 7.05 Å². The Bertz CT molecular complexity index is 705. The van der Waals surface area contributed by atoms with Gasteiger partial charge in [0.25, 0.3) is 0 Å². The van der Waals surface area contributed by atoms with Gasteiger partial charge in [0.2, 0.25) is 0 Å². The summed E-state index contributed by atoms with van der Waals surface area (Å²) in [4.78, 5) is 12.1. The number of likely N-dealkylation sites (tertiary alicyclic amines) is 1. The van der Waals surface area contributed by atoms with Gasteiger partial charge in [0.1, 0.15) is 0 Å². The van der Waals surface area contributed by atoms with Crippen LogP contribution in [-0.2, 0) is 16.0 Å². The van der Waals surface area contributed by atoms with Gasteiger partial charge in [-0.2, -0.15) is 0 Å². The highest BCUT2D eigenvalue weighted by Crippen LogP contribution is 2.25. The lowest BCUT2D eigenvalue weighted by molar-refractivity contribution is -0.0502. The Morgan fingerprint density at radius 2 is 1.87 bits per heavy atom. The Morgan fingerprint density at radius 3 is 2.60 bits per heavy atom. The van der Waals surface area contributed by atoms with Gasteiger partial charge in [0.15, 0.2) is 5.96 Å². The molecule has 0 aromatic heterocycles. The maximum Gasteiger partial charge on any atom is 0.193 e. The minimum atomic E-state index is 0.0576. The summed E-state index contributed by atoms with van der Waals surface area (Å²) < 4.78 is 11.7. The van der Waals surface area contributed by atoms with Crippen molar-refractivity contribution in [1.82, 2.24) is 20.0 Å². The van der Waals surface area contributed by atoms with E-state index >= 15 is 0 Å². The second kappa shape index (κ2) is 9.64. The number of ether oxygens (including phenoxy) is 2. The summed E-state index contributed by atoms with van der Waals surface area (Å²) in [5.41, 5.74) is 1.42. The van der Waals surface area contributed by atoms with Crippen LogP contribution in [0.3, 0.4) is 0 Å². The minimum absolute atomic E-state index is 0.0576. The lowest BCUT2D eigenvalue weighted by Crippen LogP contribution is -2.56. The molecule has 0 saturated carbocycles. The van der Waals surface area contributed by atoms with Crippen LogP contribution in [-0.4, -0.2) is 104 Å². The molecule has 4 rings (SSSR count). The van der Waals surface area contributed by atoms with E-state index in [0.29, 0.717) is 6.04 Å². The van der Waals surface area contributed by atoms with Gasteiger partial charge in [-0.1, -0.05) is 30.3 Å². The van der Waals surface area contributed by atoms with Gasteiger partial charge < -0.3 is 19.7 Å². The van der Waals surface area contributed by atoms with E-state index in [2.05, 4.69) is 69.2 Å². The van der Waals surface area contributed by atoms with E-state index in [1.54, 1.807) is 0 Å². The van der Waals surface area contributed by atoms with Crippen LogP contribution >= 0.6 is 0 Å². The minimum Gasteiger partial charge on any atom is -0.379 e. The number of rotatable bonds is 5. The van der Waals surface area contributed by atoms with Crippen molar-refractivity contribution in [1.29, 1.82) is 0 Å². The molecular formula is C23H37N5O2. The van der Waals surface area contributed by atoms with Gasteiger partial charge in [-0.05, 0) is 19.4 Å². The molecule has 7 nitrogen and oxygen atoms in total. The average Bonchev–Trinajstić information content (AvgIpc) is 3.21. The number of hydrogen-bond donors (Lipinski definition) is 1. The van der Waals surface area contributed by atoms with Gasteiger partial charge >= 0.3 is 0 Å². The highest BCUT2D eigenvalue weighted by Gasteiger charge is 2.41.